The lowest BCUT2D eigenvalue weighted by atomic mass is 10.1. The van der Waals surface area contributed by atoms with Crippen molar-refractivity contribution in [3.05, 3.63) is 0 Å². The molecule has 0 aromatic rings. The first kappa shape index (κ1) is 12.8. The maximum absolute atomic E-state index is 11.4. The monoisotopic (exact) mass is 241 g/mol. The second-order valence-electron chi connectivity index (χ2n) is 5.30. The average molecular weight is 241 g/mol. The smallest absolute Gasteiger partial charge is 0.320 e. The Morgan fingerprint density at radius 2 is 2.12 bits per heavy atom. The van der Waals surface area contributed by atoms with E-state index in [0.717, 1.165) is 32.2 Å². The molecule has 0 aromatic heterocycles. The molecule has 0 radical (unpaired) electrons. The quantitative estimate of drug-likeness (QED) is 0.796. The van der Waals surface area contributed by atoms with Crippen LogP contribution in [0.4, 0.5) is 0 Å². The second kappa shape index (κ2) is 5.83. The Morgan fingerprint density at radius 3 is 2.71 bits per heavy atom. The number of ether oxygens (including phenoxy) is 1. The molecule has 4 heteroatoms. The Kier molecular flexibility index (Phi) is 4.40. The standard InChI is InChI=1S/C13H23NO3/c1-17-9-12(10-6-7-10)14-8-4-2-3-5-11(14)13(15)16/h10-12H,2-9H2,1H3,(H,15,16). The minimum Gasteiger partial charge on any atom is -0.480 e. The van der Waals surface area contributed by atoms with Crippen LogP contribution in [0.1, 0.15) is 38.5 Å². The third-order valence-electron chi connectivity index (χ3n) is 4.01. The molecule has 0 aromatic carbocycles. The lowest BCUT2D eigenvalue weighted by Crippen LogP contribution is -2.49. The highest BCUT2D eigenvalue weighted by molar-refractivity contribution is 5.73. The van der Waals surface area contributed by atoms with E-state index in [0.29, 0.717) is 18.6 Å². The summed E-state index contributed by atoms with van der Waals surface area (Å²) in [4.78, 5) is 13.6. The summed E-state index contributed by atoms with van der Waals surface area (Å²) in [6.07, 6.45) is 6.58. The first-order chi connectivity index (χ1) is 8.24. The minimum atomic E-state index is -0.659. The summed E-state index contributed by atoms with van der Waals surface area (Å²) in [7, 11) is 1.71. The van der Waals surface area contributed by atoms with Crippen molar-refractivity contribution in [3.63, 3.8) is 0 Å². The van der Waals surface area contributed by atoms with E-state index in [2.05, 4.69) is 4.90 Å². The summed E-state index contributed by atoms with van der Waals surface area (Å²) in [6.45, 7) is 1.59. The third kappa shape index (κ3) is 3.19. The van der Waals surface area contributed by atoms with Crippen molar-refractivity contribution < 1.29 is 14.6 Å². The molecule has 2 rings (SSSR count). The number of hydrogen-bond acceptors (Lipinski definition) is 3. The van der Waals surface area contributed by atoms with Crippen LogP contribution in [0.15, 0.2) is 0 Å². The molecule has 1 N–H and O–H groups in total. The SMILES string of the molecule is COCC(C1CC1)N1CCCCCC1C(=O)O. The lowest BCUT2D eigenvalue weighted by Gasteiger charge is -2.34. The third-order valence-corrected chi connectivity index (χ3v) is 4.01. The molecule has 4 nitrogen and oxygen atoms in total. The zero-order valence-corrected chi connectivity index (χ0v) is 10.6. The van der Waals surface area contributed by atoms with Gasteiger partial charge in [0.1, 0.15) is 6.04 Å². The number of hydrogen-bond donors (Lipinski definition) is 1. The Labute approximate surface area is 103 Å². The van der Waals surface area contributed by atoms with Crippen LogP contribution < -0.4 is 0 Å². The first-order valence-electron chi connectivity index (χ1n) is 6.71. The van der Waals surface area contributed by atoms with Gasteiger partial charge in [0.25, 0.3) is 0 Å². The topological polar surface area (TPSA) is 49.8 Å². The molecule has 98 valence electrons. The van der Waals surface area contributed by atoms with Gasteiger partial charge in [0, 0.05) is 13.2 Å². The van der Waals surface area contributed by atoms with E-state index >= 15 is 0 Å². The van der Waals surface area contributed by atoms with Crippen LogP contribution in [0.2, 0.25) is 0 Å². The average Bonchev–Trinajstić information content (AvgIpc) is 3.12. The second-order valence-corrected chi connectivity index (χ2v) is 5.30. The molecule has 2 unspecified atom stereocenters. The summed E-state index contributed by atoms with van der Waals surface area (Å²) in [5, 5.41) is 9.37. The maximum atomic E-state index is 11.4. The van der Waals surface area contributed by atoms with Gasteiger partial charge in [-0.1, -0.05) is 12.8 Å². The van der Waals surface area contributed by atoms with Crippen molar-refractivity contribution in [2.24, 2.45) is 5.92 Å². The number of carboxylic acids is 1. The number of likely N-dealkylation sites (tertiary alicyclic amines) is 1. The van der Waals surface area contributed by atoms with E-state index in [-0.39, 0.29) is 6.04 Å². The molecule has 2 aliphatic rings. The zero-order valence-electron chi connectivity index (χ0n) is 10.6. The summed E-state index contributed by atoms with van der Waals surface area (Å²) < 4.78 is 5.29. The fourth-order valence-electron chi connectivity index (χ4n) is 2.95. The van der Waals surface area contributed by atoms with Gasteiger partial charge in [-0.2, -0.15) is 0 Å². The van der Waals surface area contributed by atoms with Crippen LogP contribution >= 0.6 is 0 Å². The Morgan fingerprint density at radius 1 is 1.35 bits per heavy atom. The molecule has 1 heterocycles. The highest BCUT2D eigenvalue weighted by atomic mass is 16.5. The van der Waals surface area contributed by atoms with Crippen molar-refractivity contribution in [3.8, 4) is 0 Å². The van der Waals surface area contributed by atoms with E-state index in [1.54, 1.807) is 7.11 Å². The van der Waals surface area contributed by atoms with Crippen LogP contribution in [0.3, 0.4) is 0 Å². The number of aliphatic carboxylic acids is 1. The Balaban J connectivity index is 2.08. The summed E-state index contributed by atoms with van der Waals surface area (Å²) >= 11 is 0. The number of carbonyl (C=O) groups is 1. The van der Waals surface area contributed by atoms with E-state index in [9.17, 15) is 9.90 Å². The predicted molar refractivity (Wildman–Crippen MR) is 65.0 cm³/mol. The van der Waals surface area contributed by atoms with E-state index < -0.39 is 5.97 Å². The number of carboxylic acid groups (broad SMARTS) is 1. The largest absolute Gasteiger partial charge is 0.480 e. The minimum absolute atomic E-state index is 0.293. The van der Waals surface area contributed by atoms with Gasteiger partial charge in [0.2, 0.25) is 0 Å². The number of nitrogens with zero attached hydrogens (tertiary/aromatic N) is 1. The molecule has 2 atom stereocenters. The zero-order chi connectivity index (χ0) is 12.3. The summed E-state index contributed by atoms with van der Waals surface area (Å²) in [5.74, 6) is 0.00329. The van der Waals surface area contributed by atoms with Gasteiger partial charge < -0.3 is 9.84 Å². The highest BCUT2D eigenvalue weighted by Gasteiger charge is 2.40. The Bertz CT molecular complexity index is 265. The van der Waals surface area contributed by atoms with Crippen LogP contribution in [0.5, 0.6) is 0 Å². The van der Waals surface area contributed by atoms with Gasteiger partial charge in [0.15, 0.2) is 0 Å². The van der Waals surface area contributed by atoms with E-state index in [1.807, 2.05) is 0 Å². The molecule has 1 aliphatic carbocycles. The van der Waals surface area contributed by atoms with Gasteiger partial charge in [0.05, 0.1) is 6.61 Å². The predicted octanol–water partition coefficient (Wildman–Crippen LogP) is 1.74. The molecule has 1 saturated carbocycles. The maximum Gasteiger partial charge on any atom is 0.320 e. The molecule has 1 saturated heterocycles. The van der Waals surface area contributed by atoms with Crippen molar-refractivity contribution in [2.75, 3.05) is 20.3 Å². The van der Waals surface area contributed by atoms with Gasteiger partial charge in [-0.15, -0.1) is 0 Å². The highest BCUT2D eigenvalue weighted by Crippen LogP contribution is 2.37. The molecule has 0 bridgehead atoms. The van der Waals surface area contributed by atoms with Crippen molar-refractivity contribution in [1.82, 2.24) is 4.90 Å². The molecule has 2 fully saturated rings. The molecular formula is C13H23NO3. The molecular weight excluding hydrogens is 218 g/mol. The van der Waals surface area contributed by atoms with Gasteiger partial charge in [-0.25, -0.2) is 0 Å². The molecule has 0 amide bonds. The lowest BCUT2D eigenvalue weighted by molar-refractivity contribution is -0.145. The van der Waals surface area contributed by atoms with Gasteiger partial charge in [-0.3, -0.25) is 9.69 Å². The van der Waals surface area contributed by atoms with Crippen molar-refractivity contribution in [1.29, 1.82) is 0 Å². The van der Waals surface area contributed by atoms with Gasteiger partial charge >= 0.3 is 5.97 Å². The van der Waals surface area contributed by atoms with Crippen molar-refractivity contribution >= 4 is 5.97 Å². The van der Waals surface area contributed by atoms with Crippen molar-refractivity contribution in [2.45, 2.75) is 50.6 Å². The van der Waals surface area contributed by atoms with E-state index in [4.69, 9.17) is 4.74 Å². The fraction of sp³-hybridized carbons (Fsp3) is 0.923. The van der Waals surface area contributed by atoms with Crippen LogP contribution in [0, 0.1) is 5.92 Å². The Hall–Kier alpha value is -0.610. The fourth-order valence-corrected chi connectivity index (χ4v) is 2.95. The van der Waals surface area contributed by atoms with Gasteiger partial charge in [-0.05, 0) is 38.1 Å². The molecule has 0 spiro atoms. The first-order valence-corrected chi connectivity index (χ1v) is 6.71. The number of methoxy groups -OCH3 is 1. The number of rotatable bonds is 5. The van der Waals surface area contributed by atoms with Crippen LogP contribution in [0.25, 0.3) is 0 Å². The van der Waals surface area contributed by atoms with E-state index in [1.165, 1.54) is 12.8 Å². The summed E-state index contributed by atoms with van der Waals surface area (Å²) in [5.41, 5.74) is 0. The molecule has 1 aliphatic heterocycles. The normalized spacial score (nSPS) is 28.6. The molecule has 17 heavy (non-hydrogen) atoms. The van der Waals surface area contributed by atoms with Crippen LogP contribution in [-0.2, 0) is 9.53 Å². The van der Waals surface area contributed by atoms with Crippen LogP contribution in [-0.4, -0.2) is 48.3 Å². The summed E-state index contributed by atoms with van der Waals surface area (Å²) in [6, 6.07) is 0.0254.